The molecule has 2 heteroatoms. The van der Waals surface area contributed by atoms with E-state index in [1.165, 1.54) is 23.3 Å². The van der Waals surface area contributed by atoms with E-state index in [1.807, 2.05) is 0 Å². The molecule has 0 atom stereocenters. The second kappa shape index (κ2) is 3.95. The van der Waals surface area contributed by atoms with Gasteiger partial charge in [-0.15, -0.1) is 11.8 Å². The molecule has 0 saturated heterocycles. The highest BCUT2D eigenvalue weighted by Crippen LogP contribution is 2.47. The molecule has 1 aliphatic carbocycles. The van der Waals surface area contributed by atoms with Crippen molar-refractivity contribution in [3.8, 4) is 0 Å². The fourth-order valence-corrected chi connectivity index (χ4v) is 2.21. The van der Waals surface area contributed by atoms with Gasteiger partial charge in [-0.3, -0.25) is 0 Å². The van der Waals surface area contributed by atoms with Gasteiger partial charge in [-0.25, -0.2) is 0 Å². The van der Waals surface area contributed by atoms with Gasteiger partial charge in [0.15, 0.2) is 0 Å². The Morgan fingerprint density at radius 2 is 1.93 bits per heavy atom. The summed E-state index contributed by atoms with van der Waals surface area (Å²) in [4.78, 5) is 1.34. The van der Waals surface area contributed by atoms with Gasteiger partial charge in [0.25, 0.3) is 0 Å². The van der Waals surface area contributed by atoms with Crippen molar-refractivity contribution in [2.24, 2.45) is 11.1 Å². The molecule has 0 amide bonds. The Kier molecular flexibility index (Phi) is 2.84. The molecule has 1 nitrogen and oxygen atoms in total. The van der Waals surface area contributed by atoms with E-state index in [0.717, 1.165) is 13.0 Å². The van der Waals surface area contributed by atoms with Gasteiger partial charge in [-0.2, -0.15) is 0 Å². The molecule has 0 aromatic heterocycles. The lowest BCUT2D eigenvalue weighted by Crippen LogP contribution is -2.17. The largest absolute Gasteiger partial charge is 0.330 e. The van der Waals surface area contributed by atoms with Crippen molar-refractivity contribution in [3.05, 3.63) is 29.8 Å². The molecule has 14 heavy (non-hydrogen) atoms. The number of thioether (sulfide) groups is 1. The van der Waals surface area contributed by atoms with E-state index in [9.17, 15) is 0 Å². The van der Waals surface area contributed by atoms with E-state index in [1.54, 1.807) is 11.8 Å². The molecule has 0 bridgehead atoms. The van der Waals surface area contributed by atoms with Gasteiger partial charge in [0, 0.05) is 4.90 Å². The van der Waals surface area contributed by atoms with Crippen molar-refractivity contribution >= 4 is 11.8 Å². The summed E-state index contributed by atoms with van der Waals surface area (Å²) in [6, 6.07) is 8.88. The number of nitrogens with two attached hydrogens (primary N) is 1. The van der Waals surface area contributed by atoms with Crippen LogP contribution in [0.25, 0.3) is 0 Å². The average Bonchev–Trinajstić information content (AvgIpc) is 3.00. The maximum Gasteiger partial charge on any atom is 0.00693 e. The summed E-state index contributed by atoms with van der Waals surface area (Å²) >= 11 is 1.79. The Labute approximate surface area is 90.1 Å². The van der Waals surface area contributed by atoms with Crippen LogP contribution in [-0.2, 0) is 6.42 Å². The third-order valence-corrected chi connectivity index (χ3v) is 3.87. The molecule has 0 radical (unpaired) electrons. The molecule has 2 N–H and O–H groups in total. The third kappa shape index (κ3) is 2.12. The van der Waals surface area contributed by atoms with Crippen LogP contribution in [0, 0.1) is 5.41 Å². The van der Waals surface area contributed by atoms with Gasteiger partial charge in [0.2, 0.25) is 0 Å². The van der Waals surface area contributed by atoms with E-state index < -0.39 is 0 Å². The highest BCUT2D eigenvalue weighted by Gasteiger charge is 2.40. The predicted molar refractivity (Wildman–Crippen MR) is 62.6 cm³/mol. The van der Waals surface area contributed by atoms with Gasteiger partial charge >= 0.3 is 0 Å². The van der Waals surface area contributed by atoms with Gasteiger partial charge in [0.1, 0.15) is 0 Å². The first-order valence-electron chi connectivity index (χ1n) is 5.11. The Hall–Kier alpha value is -0.470. The molecular formula is C12H17NS. The molecule has 76 valence electrons. The topological polar surface area (TPSA) is 26.0 Å². The standard InChI is InChI=1S/C12H17NS/c1-14-11-4-2-10(3-5-11)8-12(9-13)6-7-12/h2-5H,6-9,13H2,1H3. The second-order valence-electron chi connectivity index (χ2n) is 4.23. The van der Waals surface area contributed by atoms with Gasteiger partial charge < -0.3 is 5.73 Å². The first-order chi connectivity index (χ1) is 6.78. The summed E-state index contributed by atoms with van der Waals surface area (Å²) in [5.41, 5.74) is 7.66. The van der Waals surface area contributed by atoms with Crippen LogP contribution < -0.4 is 5.73 Å². The van der Waals surface area contributed by atoms with Crippen LogP contribution in [0.5, 0.6) is 0 Å². The SMILES string of the molecule is CSc1ccc(CC2(CN)CC2)cc1. The zero-order chi connectivity index (χ0) is 10.0. The van der Waals surface area contributed by atoms with E-state index >= 15 is 0 Å². The Balaban J connectivity index is 2.03. The lowest BCUT2D eigenvalue weighted by Gasteiger charge is -2.11. The predicted octanol–water partition coefficient (Wildman–Crippen LogP) is 2.69. The molecule has 1 aliphatic rings. The van der Waals surface area contributed by atoms with Gasteiger partial charge in [-0.05, 0) is 55.2 Å². The average molecular weight is 207 g/mol. The Bertz CT molecular complexity index is 301. The fraction of sp³-hybridized carbons (Fsp3) is 0.500. The minimum atomic E-state index is 0.459. The highest BCUT2D eigenvalue weighted by molar-refractivity contribution is 7.98. The summed E-state index contributed by atoms with van der Waals surface area (Å²) in [6.07, 6.45) is 5.90. The van der Waals surface area contributed by atoms with Crippen molar-refractivity contribution in [2.45, 2.75) is 24.2 Å². The number of hydrogen-bond donors (Lipinski definition) is 1. The van der Waals surface area contributed by atoms with Crippen LogP contribution in [0.4, 0.5) is 0 Å². The van der Waals surface area contributed by atoms with Crippen molar-refractivity contribution in [1.29, 1.82) is 0 Å². The molecule has 1 aromatic carbocycles. The zero-order valence-corrected chi connectivity index (χ0v) is 9.44. The van der Waals surface area contributed by atoms with Crippen molar-refractivity contribution in [3.63, 3.8) is 0 Å². The van der Waals surface area contributed by atoms with Crippen LogP contribution >= 0.6 is 11.8 Å². The Morgan fingerprint density at radius 3 is 2.36 bits per heavy atom. The highest BCUT2D eigenvalue weighted by atomic mass is 32.2. The molecule has 0 heterocycles. The van der Waals surface area contributed by atoms with Crippen LogP contribution in [0.3, 0.4) is 0 Å². The van der Waals surface area contributed by atoms with Crippen molar-refractivity contribution in [1.82, 2.24) is 0 Å². The number of benzene rings is 1. The van der Waals surface area contributed by atoms with Crippen LogP contribution in [-0.4, -0.2) is 12.8 Å². The van der Waals surface area contributed by atoms with E-state index in [2.05, 4.69) is 30.5 Å². The fourth-order valence-electron chi connectivity index (χ4n) is 1.81. The molecule has 0 spiro atoms. The monoisotopic (exact) mass is 207 g/mol. The molecule has 1 aromatic rings. The summed E-state index contributed by atoms with van der Waals surface area (Å²) < 4.78 is 0. The Morgan fingerprint density at radius 1 is 1.29 bits per heavy atom. The number of rotatable bonds is 4. The maximum atomic E-state index is 5.77. The second-order valence-corrected chi connectivity index (χ2v) is 5.11. The molecule has 0 unspecified atom stereocenters. The van der Waals surface area contributed by atoms with Crippen molar-refractivity contribution in [2.75, 3.05) is 12.8 Å². The molecule has 2 rings (SSSR count). The van der Waals surface area contributed by atoms with Gasteiger partial charge in [0.05, 0.1) is 0 Å². The maximum absolute atomic E-state index is 5.77. The quantitative estimate of drug-likeness (QED) is 0.768. The van der Waals surface area contributed by atoms with Crippen LogP contribution in [0.15, 0.2) is 29.2 Å². The minimum absolute atomic E-state index is 0.459. The first-order valence-corrected chi connectivity index (χ1v) is 6.33. The minimum Gasteiger partial charge on any atom is -0.330 e. The molecule has 0 aliphatic heterocycles. The smallest absolute Gasteiger partial charge is 0.00693 e. The van der Waals surface area contributed by atoms with E-state index in [0.29, 0.717) is 5.41 Å². The first kappa shape index (κ1) is 10.1. The van der Waals surface area contributed by atoms with E-state index in [-0.39, 0.29) is 0 Å². The lowest BCUT2D eigenvalue weighted by molar-refractivity contribution is 0.521. The molecule has 1 fully saturated rings. The normalized spacial score (nSPS) is 18.1. The lowest BCUT2D eigenvalue weighted by atomic mass is 9.97. The summed E-state index contributed by atoms with van der Waals surface area (Å²) in [7, 11) is 0. The van der Waals surface area contributed by atoms with E-state index in [4.69, 9.17) is 5.73 Å². The molecular weight excluding hydrogens is 190 g/mol. The summed E-state index contributed by atoms with van der Waals surface area (Å²) in [6.45, 7) is 0.845. The number of hydrogen-bond acceptors (Lipinski definition) is 2. The van der Waals surface area contributed by atoms with Gasteiger partial charge in [-0.1, -0.05) is 12.1 Å². The van der Waals surface area contributed by atoms with Crippen LogP contribution in [0.2, 0.25) is 0 Å². The zero-order valence-electron chi connectivity index (χ0n) is 8.62. The van der Waals surface area contributed by atoms with Crippen LogP contribution in [0.1, 0.15) is 18.4 Å². The third-order valence-electron chi connectivity index (χ3n) is 3.13. The molecule has 1 saturated carbocycles. The summed E-state index contributed by atoms with van der Waals surface area (Å²) in [5, 5.41) is 0. The van der Waals surface area contributed by atoms with Crippen molar-refractivity contribution < 1.29 is 0 Å². The summed E-state index contributed by atoms with van der Waals surface area (Å²) in [5.74, 6) is 0.